The van der Waals surface area contributed by atoms with Crippen molar-refractivity contribution in [1.29, 1.82) is 0 Å². The molecule has 2 aliphatic heterocycles. The van der Waals surface area contributed by atoms with Crippen LogP contribution in [-0.4, -0.2) is 113 Å². The van der Waals surface area contributed by atoms with Gasteiger partial charge in [0.05, 0.1) is 49.4 Å². The van der Waals surface area contributed by atoms with Gasteiger partial charge in [-0.1, -0.05) is 86.6 Å². The third-order valence-electron chi connectivity index (χ3n) is 10.5. The number of hydrogen-bond acceptors (Lipinski definition) is 13. The van der Waals surface area contributed by atoms with Crippen molar-refractivity contribution >= 4 is 23.7 Å². The lowest BCUT2D eigenvalue weighted by atomic mass is 10.0. The molecule has 2 fully saturated rings. The molecule has 4 aromatic rings. The minimum atomic E-state index is -4.19. The van der Waals surface area contributed by atoms with Crippen molar-refractivity contribution in [3.8, 4) is 11.5 Å². The maximum atomic E-state index is 14.3. The Morgan fingerprint density at radius 1 is 0.825 bits per heavy atom. The average molecular weight is 910 g/mol. The lowest BCUT2D eigenvalue weighted by Crippen LogP contribution is -2.51. The van der Waals surface area contributed by atoms with Crippen molar-refractivity contribution in [3.05, 3.63) is 126 Å². The van der Waals surface area contributed by atoms with Gasteiger partial charge in [0, 0.05) is 19.6 Å². The van der Waals surface area contributed by atoms with Crippen molar-refractivity contribution in [3.63, 3.8) is 0 Å². The lowest BCUT2D eigenvalue weighted by molar-refractivity contribution is -0.0907. The highest BCUT2D eigenvalue weighted by Gasteiger charge is 2.44. The lowest BCUT2D eigenvalue weighted by Gasteiger charge is -2.31. The molecule has 0 radical (unpaired) electrons. The first kappa shape index (κ1) is 48.1. The molecule has 0 bridgehead atoms. The number of amides is 1. The topological polar surface area (TPSA) is 172 Å². The highest BCUT2D eigenvalue weighted by molar-refractivity contribution is 7.89. The number of carbonyl (C=O) groups excluding carboxylic acids is 1. The van der Waals surface area contributed by atoms with Crippen molar-refractivity contribution in [2.75, 3.05) is 59.9 Å². The Kier molecular flexibility index (Phi) is 17.6. The van der Waals surface area contributed by atoms with E-state index in [1.165, 1.54) is 28.6 Å². The first-order chi connectivity index (χ1) is 30.3. The molecular formula is C46H60N3O12PS. The van der Waals surface area contributed by atoms with Gasteiger partial charge in [-0.25, -0.2) is 13.2 Å². The zero-order chi connectivity index (χ0) is 44.8. The van der Waals surface area contributed by atoms with Crippen molar-refractivity contribution in [2.45, 2.75) is 69.3 Å². The molecule has 63 heavy (non-hydrogen) atoms. The van der Waals surface area contributed by atoms with Crippen LogP contribution in [-0.2, 0) is 57.5 Å². The van der Waals surface area contributed by atoms with Crippen LogP contribution < -0.4 is 14.8 Å². The number of nitrogens with one attached hydrogen (secondary N) is 1. The average Bonchev–Trinajstić information content (AvgIpc) is 3.90. The number of ether oxygens (including phenoxy) is 5. The van der Waals surface area contributed by atoms with E-state index >= 15 is 0 Å². The summed E-state index contributed by atoms with van der Waals surface area (Å²) in [6.07, 6.45) is -2.60. The molecule has 2 saturated heterocycles. The second kappa shape index (κ2) is 23.0. The number of alkyl carbamates (subject to hydrolysis) is 1. The minimum Gasteiger partial charge on any atom is -0.492 e. The van der Waals surface area contributed by atoms with Crippen LogP contribution in [0.4, 0.5) is 4.79 Å². The predicted molar refractivity (Wildman–Crippen MR) is 237 cm³/mol. The number of nitrogens with zero attached hydrogens (tertiary/aromatic N) is 2. The van der Waals surface area contributed by atoms with Crippen LogP contribution in [0.3, 0.4) is 0 Å². The van der Waals surface area contributed by atoms with E-state index in [0.717, 1.165) is 23.2 Å². The minimum absolute atomic E-state index is 0.0346. The molecule has 5 atom stereocenters. The standard InChI is InChI=1S/C46H60N3O12PS/c1-34(2)28-49(29-43(50)42(27-35-15-17-38(18-16-35)55-26-24-48(3)4)47-46(51)61-44-32-57-45-41(44)23-25-56-45)63(53,54)40-21-19-39(20-22-40)58-33-62(52,59-30-36-11-7-5-8-12-36)60-31-37-13-9-6-10-14-37/h5-22,34,41-45,50H,23-33H2,1-4H3,(H,47,51)/t41-,42-,43+,44?,45+/m0/s1. The third kappa shape index (κ3) is 14.6. The van der Waals surface area contributed by atoms with Crippen LogP contribution in [0.1, 0.15) is 37.0 Å². The van der Waals surface area contributed by atoms with Gasteiger partial charge >= 0.3 is 13.7 Å². The fourth-order valence-electron chi connectivity index (χ4n) is 7.11. The second-order valence-corrected chi connectivity index (χ2v) is 20.3. The Morgan fingerprint density at radius 2 is 1.43 bits per heavy atom. The maximum Gasteiger partial charge on any atom is 0.407 e. The SMILES string of the molecule is CC(C)CN(C[C@@H](O)[C@H](Cc1ccc(OCCN(C)C)cc1)NC(=O)OC1CO[C@H]2OCC[C@@H]12)S(=O)(=O)c1ccc(OCP(=O)(OCc2ccccc2)OCc2ccccc2)cc1. The van der Waals surface area contributed by atoms with Gasteiger partial charge < -0.3 is 48.1 Å². The van der Waals surface area contributed by atoms with Crippen LogP contribution in [0.25, 0.3) is 0 Å². The smallest absolute Gasteiger partial charge is 0.407 e. The number of fused-ring (bicyclic) bond motifs is 1. The first-order valence-electron chi connectivity index (χ1n) is 21.2. The Morgan fingerprint density at radius 3 is 2.03 bits per heavy atom. The largest absolute Gasteiger partial charge is 0.492 e. The number of aliphatic hydroxyl groups excluding tert-OH is 1. The van der Waals surface area contributed by atoms with E-state index < -0.39 is 54.6 Å². The van der Waals surface area contributed by atoms with Gasteiger partial charge in [0.25, 0.3) is 0 Å². The maximum absolute atomic E-state index is 14.3. The van der Waals surface area contributed by atoms with E-state index in [9.17, 15) is 22.9 Å². The summed E-state index contributed by atoms with van der Waals surface area (Å²) in [5.41, 5.74) is 2.39. The van der Waals surface area contributed by atoms with E-state index in [1.807, 2.05) is 118 Å². The molecule has 0 aliphatic carbocycles. The number of likely N-dealkylation sites (N-methyl/N-ethyl adjacent to an activating group) is 1. The molecule has 15 nitrogen and oxygen atoms in total. The molecule has 2 N–H and O–H groups in total. The molecule has 2 aliphatic rings. The van der Waals surface area contributed by atoms with Gasteiger partial charge in [0.1, 0.15) is 24.2 Å². The van der Waals surface area contributed by atoms with Crippen LogP contribution in [0.15, 0.2) is 114 Å². The highest BCUT2D eigenvalue weighted by atomic mass is 32.2. The summed E-state index contributed by atoms with van der Waals surface area (Å²) >= 11 is 0. The Labute approximate surface area is 371 Å². The molecule has 17 heteroatoms. The fraction of sp³-hybridized carbons (Fsp3) is 0.457. The summed E-state index contributed by atoms with van der Waals surface area (Å²) in [5, 5.41) is 14.7. The summed E-state index contributed by atoms with van der Waals surface area (Å²) in [6.45, 7) is 5.53. The number of aliphatic hydroxyl groups is 1. The number of hydrogen-bond donors (Lipinski definition) is 2. The van der Waals surface area contributed by atoms with E-state index in [2.05, 4.69) is 5.32 Å². The molecule has 2 heterocycles. The molecule has 342 valence electrons. The number of benzene rings is 4. The number of carbonyl (C=O) groups is 1. The number of rotatable bonds is 24. The van der Waals surface area contributed by atoms with E-state index in [1.54, 1.807) is 0 Å². The molecule has 1 amide bonds. The summed E-state index contributed by atoms with van der Waals surface area (Å²) in [5.74, 6) is 0.715. The van der Waals surface area contributed by atoms with Crippen LogP contribution in [0.5, 0.6) is 11.5 Å². The van der Waals surface area contributed by atoms with E-state index in [-0.39, 0.29) is 61.8 Å². The quantitative estimate of drug-likeness (QED) is 0.0713. The molecular weight excluding hydrogens is 850 g/mol. The van der Waals surface area contributed by atoms with Crippen LogP contribution in [0, 0.1) is 11.8 Å². The summed E-state index contributed by atoms with van der Waals surface area (Å²) < 4.78 is 84.2. The zero-order valence-corrected chi connectivity index (χ0v) is 38.0. The van der Waals surface area contributed by atoms with Crippen molar-refractivity contribution in [1.82, 2.24) is 14.5 Å². The summed E-state index contributed by atoms with van der Waals surface area (Å²) in [6, 6.07) is 30.7. The summed E-state index contributed by atoms with van der Waals surface area (Å²) in [4.78, 5) is 15.4. The monoisotopic (exact) mass is 909 g/mol. The molecule has 0 aromatic heterocycles. The van der Waals surface area contributed by atoms with Crippen molar-refractivity contribution < 1.29 is 55.6 Å². The fourth-order valence-corrected chi connectivity index (χ4v) is 9.95. The predicted octanol–water partition coefficient (Wildman–Crippen LogP) is 6.70. The Bertz CT molecular complexity index is 2120. The third-order valence-corrected chi connectivity index (χ3v) is 13.9. The van der Waals surface area contributed by atoms with Gasteiger partial charge in [-0.2, -0.15) is 4.31 Å². The molecule has 0 spiro atoms. The Hall–Kier alpha value is -4.35. The first-order valence-corrected chi connectivity index (χ1v) is 24.4. The zero-order valence-electron chi connectivity index (χ0n) is 36.3. The van der Waals surface area contributed by atoms with Gasteiger partial charge in [0.15, 0.2) is 12.6 Å². The molecule has 6 rings (SSSR count). The number of sulfonamides is 1. The van der Waals surface area contributed by atoms with E-state index in [4.69, 9.17) is 32.7 Å². The molecule has 1 unspecified atom stereocenters. The van der Waals surface area contributed by atoms with Gasteiger partial charge in [-0.05, 0) is 85.9 Å². The van der Waals surface area contributed by atoms with Crippen molar-refractivity contribution in [2.24, 2.45) is 11.8 Å². The van der Waals surface area contributed by atoms with Gasteiger partial charge in [-0.15, -0.1) is 0 Å². The Balaban J connectivity index is 1.14. The van der Waals surface area contributed by atoms with Gasteiger partial charge in [-0.3, -0.25) is 4.57 Å². The van der Waals surface area contributed by atoms with Gasteiger partial charge in [0.2, 0.25) is 10.0 Å². The highest BCUT2D eigenvalue weighted by Crippen LogP contribution is 2.50. The second-order valence-electron chi connectivity index (χ2n) is 16.4. The molecule has 0 saturated carbocycles. The van der Waals surface area contributed by atoms with E-state index in [0.29, 0.717) is 25.4 Å². The normalized spacial score (nSPS) is 18.6. The molecule has 4 aromatic carbocycles. The van der Waals surface area contributed by atoms with Crippen LogP contribution >= 0.6 is 7.60 Å². The summed E-state index contributed by atoms with van der Waals surface area (Å²) in [7, 11) is -4.08. The van der Waals surface area contributed by atoms with Crippen LogP contribution in [0.2, 0.25) is 0 Å².